The first-order valence-electron chi connectivity index (χ1n) is 37.8. The number of ether oxygens (including phenoxy) is 1. The monoisotopic (exact) mass is 1110 g/mol. The van der Waals surface area contributed by atoms with Crippen LogP contribution in [-0.2, 0) is 32.5 Å². The molecule has 11 aromatic rings. The fraction of sp³-hybridized carbons (Fsp3) is 0.308. The van der Waals surface area contributed by atoms with Crippen LogP contribution in [0.1, 0.15) is 183 Å². The maximum atomic E-state index is 10.6. The summed E-state index contributed by atoms with van der Waals surface area (Å²) >= 11 is 0. The predicted octanol–water partition coefficient (Wildman–Crippen LogP) is 20.5. The number of rotatable bonds is 8. The minimum Gasteiger partial charge on any atom is -0.458 e. The fourth-order valence-corrected chi connectivity index (χ4v) is 11.2. The average molecular weight is 1110 g/mol. The number of aromatic nitrogens is 4. The van der Waals surface area contributed by atoms with E-state index in [0.29, 0.717) is 44.9 Å². The topological polar surface area (TPSA) is 35.9 Å². The molecule has 1 aliphatic rings. The second kappa shape index (κ2) is 19.8. The minimum absolute atomic E-state index is 0.112. The van der Waals surface area contributed by atoms with Gasteiger partial charge in [0.2, 0.25) is 0 Å². The lowest BCUT2D eigenvalue weighted by molar-refractivity contribution is -0.571. The maximum Gasteiger partial charge on any atom is 0.269 e. The Labute approximate surface area is 520 Å². The number of benzene rings is 8. The summed E-state index contributed by atoms with van der Waals surface area (Å²) in [7, 11) is 0. The molecule has 0 saturated heterocycles. The molecule has 0 spiro atoms. The Balaban J connectivity index is 1.20. The van der Waals surface area contributed by atoms with Crippen molar-refractivity contribution in [3.05, 3.63) is 222 Å². The molecule has 420 valence electrons. The summed E-state index contributed by atoms with van der Waals surface area (Å²) in [6.07, 6.45) is -3.59. The van der Waals surface area contributed by atoms with Crippen molar-refractivity contribution in [2.75, 3.05) is 0 Å². The van der Waals surface area contributed by atoms with E-state index < -0.39 is 96.6 Å². The Hall–Kier alpha value is -8.02. The van der Waals surface area contributed by atoms with Crippen molar-refractivity contribution in [2.45, 2.75) is 156 Å². The summed E-state index contributed by atoms with van der Waals surface area (Å²) in [6, 6.07) is 46.9. The van der Waals surface area contributed by atoms with Crippen LogP contribution >= 0.6 is 0 Å². The van der Waals surface area contributed by atoms with Crippen molar-refractivity contribution in [1.82, 2.24) is 14.1 Å². The van der Waals surface area contributed by atoms with Crippen LogP contribution in [0.15, 0.2) is 182 Å². The number of para-hydroxylation sites is 1. The third kappa shape index (κ3) is 10.3. The van der Waals surface area contributed by atoms with Crippen molar-refractivity contribution in [2.24, 2.45) is 0 Å². The zero-order chi connectivity index (χ0) is 75.0. The number of hydrogen-bond donors (Lipinski definition) is 0. The van der Waals surface area contributed by atoms with Crippen molar-refractivity contribution in [3.63, 3.8) is 0 Å². The van der Waals surface area contributed by atoms with Crippen LogP contribution in [0.25, 0.3) is 83.4 Å². The molecule has 3 aromatic heterocycles. The Morgan fingerprint density at radius 1 is 0.518 bits per heavy atom. The van der Waals surface area contributed by atoms with E-state index in [0.717, 1.165) is 55.4 Å². The van der Waals surface area contributed by atoms with Crippen LogP contribution in [0.2, 0.25) is 0 Å². The lowest BCUT2D eigenvalue weighted by atomic mass is 9.63. The van der Waals surface area contributed by atoms with E-state index in [-0.39, 0.29) is 22.1 Å². The minimum atomic E-state index is -4.54. The smallest absolute Gasteiger partial charge is 0.269 e. The van der Waals surface area contributed by atoms with E-state index in [1.54, 1.807) is 15.2 Å². The summed E-state index contributed by atoms with van der Waals surface area (Å²) in [5.41, 5.74) is -4.56. The number of fused-ring (bicyclic) bond motifs is 5. The summed E-state index contributed by atoms with van der Waals surface area (Å²) in [4.78, 5) is 4.88. The standard InChI is InChI=1S/C78H82N4O/c1-73(2,3)54-31-27-50(28-32-54)51-30-36-68-70(43-51)80(58-23-20-24-59(47-58)83-60-33-34-62-61-25-17-18-26-67(61)82(69(62)48-60)71-46-56(37-40-79-71)75(7,8)9)49-81(68)72-63(52-21-19-22-55(41-52)74(4,5)6)44-57(76(10,11)12)45-64(72)53-29-35-65-66(42-53)78(15,16)39-38-77(65,13)14/h17-37,40-48H,38-39H2,1-16H3/i13D3,14D3,15D3,16D3,29D,35D,38D2,39D2,42D. The maximum absolute atomic E-state index is 10.6. The highest BCUT2D eigenvalue weighted by Crippen LogP contribution is 2.49. The van der Waals surface area contributed by atoms with Gasteiger partial charge in [0, 0.05) is 45.0 Å². The number of nitrogens with zero attached hydrogens (tertiary/aromatic N) is 4. The number of hydrogen-bond acceptors (Lipinski definition) is 2. The second-order valence-corrected chi connectivity index (χ2v) is 26.3. The molecule has 0 saturated carbocycles. The van der Waals surface area contributed by atoms with Crippen LogP contribution in [0.4, 0.5) is 0 Å². The van der Waals surface area contributed by atoms with Crippen LogP contribution < -0.4 is 9.30 Å². The predicted molar refractivity (Wildman–Crippen MR) is 349 cm³/mol. The van der Waals surface area contributed by atoms with Gasteiger partial charge >= 0.3 is 0 Å². The Bertz CT molecular complexity index is 5150. The van der Waals surface area contributed by atoms with E-state index >= 15 is 0 Å². The quantitative estimate of drug-likeness (QED) is 0.112. The molecule has 0 amide bonds. The third-order valence-corrected chi connectivity index (χ3v) is 16.0. The van der Waals surface area contributed by atoms with E-state index in [1.165, 1.54) is 0 Å². The van der Waals surface area contributed by atoms with Gasteiger partial charge in [-0.1, -0.05) is 226 Å². The molecule has 0 fully saturated rings. The summed E-state index contributed by atoms with van der Waals surface area (Å²) in [5.74, 6) is 1.67. The van der Waals surface area contributed by atoms with Gasteiger partial charge in [0.25, 0.3) is 6.33 Å². The molecular formula is C78H82N4O. The average Bonchev–Trinajstić information content (AvgIpc) is 0.714. The van der Waals surface area contributed by atoms with Gasteiger partial charge in [-0.25, -0.2) is 4.98 Å². The molecule has 5 nitrogen and oxygen atoms in total. The molecule has 3 heterocycles. The highest BCUT2D eigenvalue weighted by molar-refractivity contribution is 6.09. The Kier molecular flexibility index (Phi) is 8.89. The summed E-state index contributed by atoms with van der Waals surface area (Å²) < 4.78 is 191. The van der Waals surface area contributed by atoms with Gasteiger partial charge in [0.05, 0.1) is 37.6 Å². The summed E-state index contributed by atoms with van der Waals surface area (Å²) in [5, 5.41) is 2.01. The molecule has 0 aliphatic heterocycles. The molecule has 1 aliphatic carbocycles. The van der Waals surface area contributed by atoms with E-state index in [2.05, 4.69) is 82.8 Å². The first-order chi connectivity index (χ1) is 46.9. The molecular weight excluding hydrogens is 1010 g/mol. The zero-order valence-corrected chi connectivity index (χ0v) is 49.3. The van der Waals surface area contributed by atoms with Crippen LogP contribution in [0, 0.1) is 6.33 Å². The lowest BCUT2D eigenvalue weighted by Crippen LogP contribution is -2.34. The number of pyridine rings is 1. The molecule has 0 atom stereocenters. The van der Waals surface area contributed by atoms with Gasteiger partial charge in [-0.3, -0.25) is 13.7 Å². The normalized spacial score (nSPS) is 19.8. The van der Waals surface area contributed by atoms with Gasteiger partial charge in [0.1, 0.15) is 17.3 Å². The van der Waals surface area contributed by atoms with Gasteiger partial charge < -0.3 is 4.74 Å². The third-order valence-electron chi connectivity index (χ3n) is 16.0. The van der Waals surface area contributed by atoms with Gasteiger partial charge in [-0.05, 0) is 167 Å². The first kappa shape index (κ1) is 37.2. The lowest BCUT2D eigenvalue weighted by Gasteiger charge is -2.42. The molecule has 83 heavy (non-hydrogen) atoms. The molecule has 0 unspecified atom stereocenters. The van der Waals surface area contributed by atoms with Gasteiger partial charge in [0.15, 0.2) is 0 Å². The van der Waals surface area contributed by atoms with Crippen molar-refractivity contribution >= 4 is 32.8 Å². The highest BCUT2D eigenvalue weighted by Gasteiger charge is 2.38. The molecule has 0 radical (unpaired) electrons. The van der Waals surface area contributed by atoms with Crippen LogP contribution in [0.3, 0.4) is 0 Å². The SMILES string of the molecule is [2H]c1c([2H])c2c(c([2H])c1-c1cc(C(C)(C)C)cc(-c3cccc(C(C)(C)C)c3)c1-[n+]1[c-]n(-c3cccc(Oc4ccc5c6ccccc6n(-c6cc(C(C)(C)C)ccn6)c5c4)c3)c3cc(-c4ccc(C(C)(C)C)cc4)ccc31)C(C([2H])([2H])[2H])(C([2H])([2H])[2H])C([2H])([2H])C([2H])([2H])C2(C([2H])([2H])[2H])C([2H])([2H])[2H]. The first-order valence-corrected chi connectivity index (χ1v) is 28.3. The van der Waals surface area contributed by atoms with Crippen molar-refractivity contribution in [1.29, 1.82) is 0 Å². The molecule has 12 rings (SSSR count). The molecule has 0 bridgehead atoms. The highest BCUT2D eigenvalue weighted by atomic mass is 16.5. The van der Waals surface area contributed by atoms with Gasteiger partial charge in [-0.15, -0.1) is 0 Å². The van der Waals surface area contributed by atoms with E-state index in [4.69, 9.17) is 17.9 Å². The molecule has 5 heteroatoms. The second-order valence-electron chi connectivity index (χ2n) is 26.3. The van der Waals surface area contributed by atoms with Crippen molar-refractivity contribution in [3.8, 4) is 62.1 Å². The van der Waals surface area contributed by atoms with Crippen LogP contribution in [-0.4, -0.2) is 14.1 Å². The van der Waals surface area contributed by atoms with Crippen LogP contribution in [0.5, 0.6) is 11.5 Å². The van der Waals surface area contributed by atoms with Crippen molar-refractivity contribution < 1.29 is 35.3 Å². The van der Waals surface area contributed by atoms with E-state index in [1.807, 2.05) is 169 Å². The Morgan fingerprint density at radius 3 is 1.87 bits per heavy atom. The summed E-state index contributed by atoms with van der Waals surface area (Å²) in [6.45, 7) is 7.66. The Morgan fingerprint density at radius 2 is 1.16 bits per heavy atom. The molecule has 8 aromatic carbocycles. The number of imidazole rings is 1. The molecule has 0 N–H and O–H groups in total. The largest absolute Gasteiger partial charge is 0.458 e. The fourth-order valence-electron chi connectivity index (χ4n) is 11.2. The van der Waals surface area contributed by atoms with Gasteiger partial charge in [-0.2, -0.15) is 0 Å². The van der Waals surface area contributed by atoms with E-state index in [9.17, 15) is 17.8 Å². The zero-order valence-electron chi connectivity index (χ0n) is 68.3.